The van der Waals surface area contributed by atoms with Crippen molar-refractivity contribution in [2.75, 3.05) is 44.2 Å². The van der Waals surface area contributed by atoms with Crippen LogP contribution in [0.25, 0.3) is 0 Å². The quantitative estimate of drug-likeness (QED) is 0.510. The number of hydrogen-bond acceptors (Lipinski definition) is 7. The first-order valence-corrected chi connectivity index (χ1v) is 11.5. The van der Waals surface area contributed by atoms with Gasteiger partial charge < -0.3 is 4.90 Å². The zero-order chi connectivity index (χ0) is 21.1. The van der Waals surface area contributed by atoms with Crippen LogP contribution < -0.4 is 4.90 Å². The molecule has 0 amide bonds. The van der Waals surface area contributed by atoms with Gasteiger partial charge in [0.15, 0.2) is 0 Å². The number of pyridine rings is 1. The second kappa shape index (κ2) is 8.66. The highest BCUT2D eigenvalue weighted by Crippen LogP contribution is 2.33. The van der Waals surface area contributed by atoms with E-state index in [1.165, 1.54) is 16.4 Å². The standard InChI is InChI=1S/C20H25N5O4S/c26-25(27)20-14-18(30(28,29)24-8-1-2-9-24)5-6-19(20)23-12-10-22(11-13-23)16-17-4-3-7-21-15-17/h3-7,14-15H,1-2,8-13,16H2. The van der Waals surface area contributed by atoms with E-state index in [1.54, 1.807) is 12.3 Å². The third kappa shape index (κ3) is 4.30. The van der Waals surface area contributed by atoms with Crippen molar-refractivity contribution >= 4 is 21.4 Å². The molecule has 30 heavy (non-hydrogen) atoms. The fourth-order valence-corrected chi connectivity index (χ4v) is 5.59. The van der Waals surface area contributed by atoms with E-state index < -0.39 is 14.9 Å². The molecule has 0 saturated carbocycles. The molecular formula is C20H25N5O4S. The maximum atomic E-state index is 12.8. The molecule has 1 aromatic heterocycles. The minimum absolute atomic E-state index is 0.00457. The van der Waals surface area contributed by atoms with Gasteiger partial charge in [0.25, 0.3) is 5.69 Å². The summed E-state index contributed by atoms with van der Waals surface area (Å²) in [6.07, 6.45) is 5.23. The topological polar surface area (TPSA) is 99.9 Å². The molecule has 160 valence electrons. The van der Waals surface area contributed by atoms with Crippen LogP contribution >= 0.6 is 0 Å². The second-order valence-electron chi connectivity index (χ2n) is 7.64. The van der Waals surface area contributed by atoms with E-state index in [0.717, 1.165) is 38.0 Å². The molecule has 0 aliphatic carbocycles. The van der Waals surface area contributed by atoms with Crippen LogP contribution in [-0.4, -0.2) is 66.8 Å². The van der Waals surface area contributed by atoms with E-state index in [9.17, 15) is 18.5 Å². The Hall–Kier alpha value is -2.56. The van der Waals surface area contributed by atoms with Crippen molar-refractivity contribution in [1.82, 2.24) is 14.2 Å². The Morgan fingerprint density at radius 3 is 2.40 bits per heavy atom. The Kier molecular flexibility index (Phi) is 5.98. The molecule has 1 aromatic carbocycles. The van der Waals surface area contributed by atoms with Crippen molar-refractivity contribution in [2.45, 2.75) is 24.3 Å². The Labute approximate surface area is 176 Å². The highest BCUT2D eigenvalue weighted by Gasteiger charge is 2.31. The molecule has 0 spiro atoms. The van der Waals surface area contributed by atoms with E-state index >= 15 is 0 Å². The number of nitro groups is 1. The molecule has 2 aromatic rings. The lowest BCUT2D eigenvalue weighted by Crippen LogP contribution is -2.46. The number of nitrogens with zero attached hydrogens (tertiary/aromatic N) is 5. The molecule has 2 fully saturated rings. The van der Waals surface area contributed by atoms with Crippen LogP contribution in [-0.2, 0) is 16.6 Å². The van der Waals surface area contributed by atoms with E-state index in [1.807, 2.05) is 23.2 Å². The van der Waals surface area contributed by atoms with Crippen LogP contribution in [0.3, 0.4) is 0 Å². The third-order valence-corrected chi connectivity index (χ3v) is 7.58. The highest BCUT2D eigenvalue weighted by molar-refractivity contribution is 7.89. The van der Waals surface area contributed by atoms with Gasteiger partial charge in [-0.3, -0.25) is 20.0 Å². The predicted octanol–water partition coefficient (Wildman–Crippen LogP) is 2.10. The average molecular weight is 432 g/mol. The Morgan fingerprint density at radius 2 is 1.77 bits per heavy atom. The first kappa shape index (κ1) is 20.7. The summed E-state index contributed by atoms with van der Waals surface area (Å²) in [4.78, 5) is 19.6. The lowest BCUT2D eigenvalue weighted by Gasteiger charge is -2.35. The highest BCUT2D eigenvalue weighted by atomic mass is 32.2. The average Bonchev–Trinajstić information content (AvgIpc) is 3.30. The van der Waals surface area contributed by atoms with Gasteiger partial charge >= 0.3 is 0 Å². The van der Waals surface area contributed by atoms with Crippen LogP contribution in [0.15, 0.2) is 47.6 Å². The summed E-state index contributed by atoms with van der Waals surface area (Å²) >= 11 is 0. The van der Waals surface area contributed by atoms with Crippen LogP contribution in [0.5, 0.6) is 0 Å². The summed E-state index contributed by atoms with van der Waals surface area (Å²) in [7, 11) is -3.69. The summed E-state index contributed by atoms with van der Waals surface area (Å²) in [5, 5.41) is 11.7. The normalized spacial score (nSPS) is 18.6. The van der Waals surface area contributed by atoms with Gasteiger partial charge in [0.1, 0.15) is 5.69 Å². The van der Waals surface area contributed by atoms with Crippen LogP contribution in [0.2, 0.25) is 0 Å². The van der Waals surface area contributed by atoms with Gasteiger partial charge in [-0.2, -0.15) is 4.31 Å². The minimum Gasteiger partial charge on any atom is -0.363 e. The predicted molar refractivity (Wildman–Crippen MR) is 113 cm³/mol. The maximum Gasteiger partial charge on any atom is 0.293 e. The molecule has 0 unspecified atom stereocenters. The summed E-state index contributed by atoms with van der Waals surface area (Å²) in [5.74, 6) is 0. The van der Waals surface area contributed by atoms with Crippen LogP contribution in [0.4, 0.5) is 11.4 Å². The Morgan fingerprint density at radius 1 is 1.03 bits per heavy atom. The van der Waals surface area contributed by atoms with E-state index in [4.69, 9.17) is 0 Å². The summed E-state index contributed by atoms with van der Waals surface area (Å²) in [6.45, 7) is 4.53. The number of nitro benzene ring substituents is 1. The lowest BCUT2D eigenvalue weighted by molar-refractivity contribution is -0.384. The van der Waals surface area contributed by atoms with E-state index in [-0.39, 0.29) is 10.6 Å². The van der Waals surface area contributed by atoms with E-state index in [2.05, 4.69) is 9.88 Å². The van der Waals surface area contributed by atoms with Crippen LogP contribution in [0, 0.1) is 10.1 Å². The molecule has 0 atom stereocenters. The largest absolute Gasteiger partial charge is 0.363 e. The van der Waals surface area contributed by atoms with Crippen LogP contribution in [0.1, 0.15) is 18.4 Å². The monoisotopic (exact) mass is 431 g/mol. The van der Waals surface area contributed by atoms with Crippen molar-refractivity contribution in [3.05, 3.63) is 58.4 Å². The van der Waals surface area contributed by atoms with Gasteiger partial charge in [0.05, 0.1) is 9.82 Å². The van der Waals surface area contributed by atoms with Crippen molar-refractivity contribution in [3.8, 4) is 0 Å². The zero-order valence-corrected chi connectivity index (χ0v) is 17.5. The van der Waals surface area contributed by atoms with Gasteiger partial charge in [-0.05, 0) is 36.6 Å². The molecule has 0 bridgehead atoms. The fraction of sp³-hybridized carbons (Fsp3) is 0.450. The third-order valence-electron chi connectivity index (χ3n) is 5.69. The summed E-state index contributed by atoms with van der Waals surface area (Å²) in [6, 6.07) is 8.23. The number of hydrogen-bond donors (Lipinski definition) is 0. The number of rotatable bonds is 6. The maximum absolute atomic E-state index is 12.8. The Balaban J connectivity index is 1.50. The SMILES string of the molecule is O=[N+]([O-])c1cc(S(=O)(=O)N2CCCC2)ccc1N1CCN(Cc2cccnc2)CC1. The molecular weight excluding hydrogens is 406 g/mol. The molecule has 9 nitrogen and oxygen atoms in total. The molecule has 4 rings (SSSR count). The number of sulfonamides is 1. The zero-order valence-electron chi connectivity index (χ0n) is 16.7. The molecule has 2 saturated heterocycles. The van der Waals surface area contributed by atoms with Gasteiger partial charge in [0.2, 0.25) is 10.0 Å². The second-order valence-corrected chi connectivity index (χ2v) is 9.58. The van der Waals surface area contributed by atoms with Crippen molar-refractivity contribution < 1.29 is 13.3 Å². The minimum atomic E-state index is -3.69. The van der Waals surface area contributed by atoms with Gasteiger partial charge in [-0.1, -0.05) is 6.07 Å². The number of anilines is 1. The van der Waals surface area contributed by atoms with Gasteiger partial charge in [-0.25, -0.2) is 8.42 Å². The molecule has 0 N–H and O–H groups in total. The smallest absolute Gasteiger partial charge is 0.293 e. The molecule has 0 radical (unpaired) electrons. The van der Waals surface area contributed by atoms with Gasteiger partial charge in [0, 0.05) is 64.3 Å². The summed E-state index contributed by atoms with van der Waals surface area (Å²) in [5.41, 5.74) is 1.45. The number of benzene rings is 1. The lowest BCUT2D eigenvalue weighted by atomic mass is 10.2. The first-order valence-electron chi connectivity index (χ1n) is 10.1. The van der Waals surface area contributed by atoms with E-state index in [0.29, 0.717) is 31.9 Å². The summed E-state index contributed by atoms with van der Waals surface area (Å²) < 4.78 is 27.0. The molecule has 10 heteroatoms. The number of aromatic nitrogens is 1. The van der Waals surface area contributed by atoms with Crippen molar-refractivity contribution in [3.63, 3.8) is 0 Å². The fourth-order valence-electron chi connectivity index (χ4n) is 4.05. The number of piperazine rings is 1. The van der Waals surface area contributed by atoms with Gasteiger partial charge in [-0.15, -0.1) is 0 Å². The molecule has 2 aliphatic heterocycles. The molecule has 3 heterocycles. The first-order chi connectivity index (χ1) is 14.4. The molecule has 2 aliphatic rings. The Bertz CT molecular complexity index is 1000. The van der Waals surface area contributed by atoms with Crippen molar-refractivity contribution in [1.29, 1.82) is 0 Å². The van der Waals surface area contributed by atoms with Crippen molar-refractivity contribution in [2.24, 2.45) is 0 Å².